The van der Waals surface area contributed by atoms with E-state index in [1.54, 1.807) is 6.20 Å². The Morgan fingerprint density at radius 2 is 1.83 bits per heavy atom. The molecule has 0 saturated heterocycles. The smallest absolute Gasteiger partial charge is 0.182 e. The predicted molar refractivity (Wildman–Crippen MR) is 97.2 cm³/mol. The van der Waals surface area contributed by atoms with Crippen LogP contribution in [0.25, 0.3) is 11.4 Å². The molecule has 0 fully saturated rings. The van der Waals surface area contributed by atoms with Gasteiger partial charge in [-0.05, 0) is 18.6 Å². The fraction of sp³-hybridized carbons (Fsp3) is 0.111. The average molecular weight is 338 g/mol. The van der Waals surface area contributed by atoms with E-state index in [9.17, 15) is 0 Å². The first-order valence-corrected chi connectivity index (χ1v) is 7.98. The van der Waals surface area contributed by atoms with Crippen LogP contribution in [0.15, 0.2) is 65.9 Å². The number of para-hydroxylation sites is 1. The van der Waals surface area contributed by atoms with E-state index in [2.05, 4.69) is 25.7 Å². The third kappa shape index (κ3) is 3.75. The van der Waals surface area contributed by atoms with Crippen molar-refractivity contribution in [1.29, 1.82) is 0 Å². The van der Waals surface area contributed by atoms with E-state index < -0.39 is 0 Å². The number of benzene rings is 2. The third-order valence-corrected chi connectivity index (χ3v) is 3.74. The molecular weight excluding hydrogens is 322 g/mol. The molecule has 120 valence electrons. The Morgan fingerprint density at radius 3 is 2.58 bits per heavy atom. The Balaban J connectivity index is 1.88. The summed E-state index contributed by atoms with van der Waals surface area (Å²) in [5.74, 6) is 0.576. The van der Waals surface area contributed by atoms with Gasteiger partial charge in [-0.25, -0.2) is 4.98 Å². The maximum Gasteiger partial charge on any atom is 0.182 e. The van der Waals surface area contributed by atoms with E-state index in [0.717, 1.165) is 17.0 Å². The zero-order valence-corrected chi connectivity index (χ0v) is 13.9. The van der Waals surface area contributed by atoms with Crippen LogP contribution in [0.4, 0.5) is 5.69 Å². The van der Waals surface area contributed by atoms with Crippen molar-refractivity contribution in [2.75, 3.05) is 5.43 Å². The number of nitrogens with zero attached hydrogens (tertiary/aromatic N) is 4. The van der Waals surface area contributed by atoms with Gasteiger partial charge < -0.3 is 0 Å². The van der Waals surface area contributed by atoms with Gasteiger partial charge in [-0.3, -0.25) is 5.43 Å². The van der Waals surface area contributed by atoms with Gasteiger partial charge in [0.05, 0.1) is 22.6 Å². The molecule has 0 bridgehead atoms. The van der Waals surface area contributed by atoms with Crippen LogP contribution in [0.5, 0.6) is 0 Å². The number of halogens is 1. The van der Waals surface area contributed by atoms with Crippen molar-refractivity contribution >= 4 is 23.0 Å². The lowest BCUT2D eigenvalue weighted by molar-refractivity contribution is 0.966. The monoisotopic (exact) mass is 337 g/mol. The molecule has 2 aromatic carbocycles. The standard InChI is InChI=1S/C18H16ClN5/c1-2-15(22-23-16-11-7-6-10-14(16)19)17-12-20-24-18(21-17)13-8-4-3-5-9-13/h3-12,23H,2H2,1H3. The molecule has 1 aromatic heterocycles. The summed E-state index contributed by atoms with van der Waals surface area (Å²) in [6.45, 7) is 2.01. The molecule has 0 radical (unpaired) electrons. The number of hydrogen-bond donors (Lipinski definition) is 1. The Labute approximate surface area is 145 Å². The summed E-state index contributed by atoms with van der Waals surface area (Å²) in [4.78, 5) is 4.57. The molecule has 0 saturated carbocycles. The molecule has 0 unspecified atom stereocenters. The van der Waals surface area contributed by atoms with Gasteiger partial charge in [0, 0.05) is 5.56 Å². The van der Waals surface area contributed by atoms with E-state index >= 15 is 0 Å². The molecule has 6 heteroatoms. The molecule has 1 heterocycles. The number of nitrogens with one attached hydrogen (secondary N) is 1. The summed E-state index contributed by atoms with van der Waals surface area (Å²) in [6, 6.07) is 17.2. The number of aromatic nitrogens is 3. The molecule has 0 atom stereocenters. The van der Waals surface area contributed by atoms with E-state index in [1.807, 2.05) is 61.5 Å². The van der Waals surface area contributed by atoms with Crippen molar-refractivity contribution in [2.24, 2.45) is 5.10 Å². The maximum atomic E-state index is 6.13. The summed E-state index contributed by atoms with van der Waals surface area (Å²) >= 11 is 6.13. The Kier molecular flexibility index (Phi) is 5.13. The van der Waals surface area contributed by atoms with Crippen molar-refractivity contribution in [1.82, 2.24) is 15.2 Å². The third-order valence-electron chi connectivity index (χ3n) is 3.41. The zero-order chi connectivity index (χ0) is 16.8. The minimum atomic E-state index is 0.576. The fourth-order valence-corrected chi connectivity index (χ4v) is 2.33. The fourth-order valence-electron chi connectivity index (χ4n) is 2.15. The molecule has 1 N–H and O–H groups in total. The molecule has 0 amide bonds. The second-order valence-electron chi connectivity index (χ2n) is 5.03. The van der Waals surface area contributed by atoms with Crippen LogP contribution in [0.3, 0.4) is 0 Å². The zero-order valence-electron chi connectivity index (χ0n) is 13.1. The number of hydrogen-bond acceptors (Lipinski definition) is 5. The van der Waals surface area contributed by atoms with Crippen LogP contribution < -0.4 is 5.43 Å². The van der Waals surface area contributed by atoms with Gasteiger partial charge in [0.1, 0.15) is 5.69 Å². The minimum Gasteiger partial charge on any atom is -0.277 e. The van der Waals surface area contributed by atoms with Gasteiger partial charge in [0.25, 0.3) is 0 Å². The normalized spacial score (nSPS) is 11.3. The summed E-state index contributed by atoms with van der Waals surface area (Å²) in [5, 5.41) is 13.2. The first-order valence-electron chi connectivity index (χ1n) is 7.60. The van der Waals surface area contributed by atoms with Gasteiger partial charge in [0.2, 0.25) is 0 Å². The molecule has 3 rings (SSSR count). The number of hydrazone groups is 1. The van der Waals surface area contributed by atoms with Crippen LogP contribution in [-0.4, -0.2) is 20.9 Å². The summed E-state index contributed by atoms with van der Waals surface area (Å²) in [7, 11) is 0. The lowest BCUT2D eigenvalue weighted by Crippen LogP contribution is -2.08. The number of anilines is 1. The highest BCUT2D eigenvalue weighted by atomic mass is 35.5. The van der Waals surface area contributed by atoms with E-state index in [1.165, 1.54) is 0 Å². The summed E-state index contributed by atoms with van der Waals surface area (Å²) in [6.07, 6.45) is 2.31. The highest BCUT2D eigenvalue weighted by Gasteiger charge is 2.08. The molecular formula is C18H16ClN5. The largest absolute Gasteiger partial charge is 0.277 e. The van der Waals surface area contributed by atoms with Gasteiger partial charge in [0.15, 0.2) is 5.82 Å². The van der Waals surface area contributed by atoms with Crippen molar-refractivity contribution in [3.05, 3.63) is 71.5 Å². The molecule has 0 aliphatic carbocycles. The van der Waals surface area contributed by atoms with Crippen LogP contribution >= 0.6 is 11.6 Å². The molecule has 24 heavy (non-hydrogen) atoms. The Bertz CT molecular complexity index is 849. The SMILES string of the molecule is CCC(=NNc1ccccc1Cl)c1cnnc(-c2ccccc2)n1. The van der Waals surface area contributed by atoms with Crippen molar-refractivity contribution < 1.29 is 0 Å². The Hall–Kier alpha value is -2.79. The maximum absolute atomic E-state index is 6.13. The van der Waals surface area contributed by atoms with Crippen molar-refractivity contribution in [3.63, 3.8) is 0 Å². The van der Waals surface area contributed by atoms with E-state index in [-0.39, 0.29) is 0 Å². The van der Waals surface area contributed by atoms with Crippen LogP contribution in [-0.2, 0) is 0 Å². The van der Waals surface area contributed by atoms with Crippen LogP contribution in [0.2, 0.25) is 5.02 Å². The van der Waals surface area contributed by atoms with Gasteiger partial charge in [-0.2, -0.15) is 10.2 Å². The van der Waals surface area contributed by atoms with E-state index in [4.69, 9.17) is 11.6 Å². The van der Waals surface area contributed by atoms with Crippen LogP contribution in [0, 0.1) is 0 Å². The highest BCUT2D eigenvalue weighted by molar-refractivity contribution is 6.33. The minimum absolute atomic E-state index is 0.576. The van der Waals surface area contributed by atoms with Gasteiger partial charge in [-0.1, -0.05) is 61.0 Å². The Morgan fingerprint density at radius 1 is 1.08 bits per heavy atom. The summed E-state index contributed by atoms with van der Waals surface area (Å²) in [5.41, 5.74) is 6.12. The molecule has 0 aliphatic heterocycles. The van der Waals surface area contributed by atoms with E-state index in [0.29, 0.717) is 23.0 Å². The second kappa shape index (κ2) is 7.66. The van der Waals surface area contributed by atoms with Crippen molar-refractivity contribution in [2.45, 2.75) is 13.3 Å². The van der Waals surface area contributed by atoms with Crippen LogP contribution in [0.1, 0.15) is 19.0 Å². The van der Waals surface area contributed by atoms with Gasteiger partial charge in [-0.15, -0.1) is 5.10 Å². The predicted octanol–water partition coefficient (Wildman–Crippen LogP) is 4.42. The lowest BCUT2D eigenvalue weighted by atomic mass is 10.2. The summed E-state index contributed by atoms with van der Waals surface area (Å²) < 4.78 is 0. The van der Waals surface area contributed by atoms with Gasteiger partial charge >= 0.3 is 0 Å². The average Bonchev–Trinajstić information content (AvgIpc) is 2.65. The molecule has 0 aliphatic rings. The molecule has 0 spiro atoms. The van der Waals surface area contributed by atoms with Crippen molar-refractivity contribution in [3.8, 4) is 11.4 Å². The topological polar surface area (TPSA) is 63.1 Å². The molecule has 3 aromatic rings. The molecule has 5 nitrogen and oxygen atoms in total. The number of rotatable bonds is 5. The highest BCUT2D eigenvalue weighted by Crippen LogP contribution is 2.20. The first kappa shape index (κ1) is 16.1. The lowest BCUT2D eigenvalue weighted by Gasteiger charge is -2.07. The first-order chi connectivity index (χ1) is 11.8. The second-order valence-corrected chi connectivity index (χ2v) is 5.44. The quantitative estimate of drug-likeness (QED) is 0.553.